The summed E-state index contributed by atoms with van der Waals surface area (Å²) in [4.78, 5) is 66.5. The number of primary amides is 1. The van der Waals surface area contributed by atoms with Gasteiger partial charge in [0.25, 0.3) is 11.8 Å². The Labute approximate surface area is 271 Å². The average Bonchev–Trinajstić information content (AvgIpc) is 3.57. The van der Waals surface area contributed by atoms with Crippen molar-refractivity contribution in [1.29, 1.82) is 0 Å². The van der Waals surface area contributed by atoms with Crippen molar-refractivity contribution in [1.82, 2.24) is 10.1 Å². The van der Waals surface area contributed by atoms with E-state index >= 15 is 0 Å². The van der Waals surface area contributed by atoms with Crippen LogP contribution in [0.15, 0.2) is 64.0 Å². The molecule has 0 spiro atoms. The van der Waals surface area contributed by atoms with Crippen molar-refractivity contribution in [2.45, 2.75) is 24.5 Å². The summed E-state index contributed by atoms with van der Waals surface area (Å²) in [6.45, 7) is 0. The monoisotopic (exact) mass is 658 g/mol. The maximum atomic E-state index is 14.1. The number of phenolic OH excluding ortho intramolecular Hbond substituents is 1. The number of rotatable bonds is 6. The van der Waals surface area contributed by atoms with E-state index < -0.39 is 75.7 Å². The molecule has 15 nitrogen and oxygen atoms in total. The molecule has 2 aromatic carbocycles. The number of carbonyl (C=O) groups is 5. The number of likely N-dealkylation sites (N-methyl/N-ethyl adjacent to an activating group) is 1. The number of ketones is 2. The number of anilines is 1. The fourth-order valence-corrected chi connectivity index (χ4v) is 7.13. The van der Waals surface area contributed by atoms with Crippen molar-refractivity contribution in [2.24, 2.45) is 17.6 Å². The first-order valence-corrected chi connectivity index (χ1v) is 14.7. The molecular weight excluding hydrogens is 628 g/mol. The van der Waals surface area contributed by atoms with E-state index in [1.807, 2.05) is 0 Å². The van der Waals surface area contributed by atoms with Crippen LogP contribution >= 0.6 is 0 Å². The zero-order chi connectivity index (χ0) is 34.8. The number of aliphatic hydroxyl groups is 3. The van der Waals surface area contributed by atoms with Crippen molar-refractivity contribution < 1.29 is 53.7 Å². The van der Waals surface area contributed by atoms with Crippen LogP contribution in [0.2, 0.25) is 0 Å². The Bertz CT molecular complexity index is 2000. The lowest BCUT2D eigenvalue weighted by Gasteiger charge is -2.50. The van der Waals surface area contributed by atoms with E-state index in [1.165, 1.54) is 62.6 Å². The molecule has 15 heteroatoms. The van der Waals surface area contributed by atoms with Gasteiger partial charge in [-0.15, -0.1) is 0 Å². The van der Waals surface area contributed by atoms with Gasteiger partial charge in [-0.25, -0.2) is 4.79 Å². The average molecular weight is 659 g/mol. The summed E-state index contributed by atoms with van der Waals surface area (Å²) in [7, 11) is 4.21. The fraction of sp³-hybridized carbons (Fsp3) is 0.273. The number of nitrogens with one attached hydrogen (secondary N) is 1. The Hall–Kier alpha value is -5.80. The van der Waals surface area contributed by atoms with E-state index in [1.54, 1.807) is 6.07 Å². The molecule has 6 rings (SSSR count). The summed E-state index contributed by atoms with van der Waals surface area (Å²) >= 11 is 0. The number of Topliss-reactive ketones (excluding diaryl/α,β-unsaturated/α-hetero) is 2. The standard InChI is InChI=1S/C33H30N4O11/c1-37(2)25-19-12-14-11-18-17(13-8-15(32(45)47-3)10-16(9-13)36-31(44)21-6-7-35-48-21)4-5-20(38)23(18)26(39)22(14)28(41)33(19,46)29(42)24(27(25)40)30(34)43/h4-10,14,19,25,38-39,42,46H,11-12H2,1-3H3,(H2,34,43)(H,36,44)/t14-,19+,25+,33+/m0/s1. The molecule has 4 atom stereocenters. The molecule has 0 saturated heterocycles. The minimum absolute atomic E-state index is 0.000477. The molecule has 0 aliphatic heterocycles. The van der Waals surface area contributed by atoms with E-state index in [2.05, 4.69) is 10.5 Å². The number of methoxy groups -OCH3 is 1. The summed E-state index contributed by atoms with van der Waals surface area (Å²) in [6, 6.07) is 7.32. The predicted molar refractivity (Wildman–Crippen MR) is 165 cm³/mol. The van der Waals surface area contributed by atoms with Gasteiger partial charge in [0.05, 0.1) is 30.5 Å². The van der Waals surface area contributed by atoms with E-state index in [4.69, 9.17) is 15.0 Å². The van der Waals surface area contributed by atoms with Gasteiger partial charge in [-0.3, -0.25) is 24.1 Å². The zero-order valence-corrected chi connectivity index (χ0v) is 25.8. The second-order valence-corrected chi connectivity index (χ2v) is 12.1. The molecule has 248 valence electrons. The van der Waals surface area contributed by atoms with Crippen molar-refractivity contribution in [3.8, 4) is 16.9 Å². The normalized spacial score (nSPS) is 23.4. The van der Waals surface area contributed by atoms with Gasteiger partial charge in [0, 0.05) is 23.2 Å². The lowest BCUT2D eigenvalue weighted by molar-refractivity contribution is -0.153. The summed E-state index contributed by atoms with van der Waals surface area (Å²) in [5.41, 5.74) is 2.61. The fourth-order valence-electron chi connectivity index (χ4n) is 7.13. The highest BCUT2D eigenvalue weighted by Gasteiger charge is 2.64. The predicted octanol–water partition coefficient (Wildman–Crippen LogP) is 1.66. The number of aliphatic hydroxyl groups excluding tert-OH is 2. The minimum atomic E-state index is -2.77. The third kappa shape index (κ3) is 4.74. The number of phenols is 1. The number of hydrogen-bond acceptors (Lipinski definition) is 13. The SMILES string of the molecule is COC(=O)c1cc(NC(=O)c2ccno2)cc(-c2ccc(O)c3c2C[C@H]2C[C@@H]4[C@@H](N(C)C)C(=O)C(C(N)=O)=C(O)[C@]4(O)C(=O)C2=C3O)c1. The van der Waals surface area contributed by atoms with Gasteiger partial charge in [0.15, 0.2) is 11.4 Å². The smallest absolute Gasteiger partial charge is 0.337 e. The van der Waals surface area contributed by atoms with Crippen molar-refractivity contribution in [3.63, 3.8) is 0 Å². The number of nitrogens with zero attached hydrogens (tertiary/aromatic N) is 2. The number of nitrogens with two attached hydrogens (primary N) is 1. The highest BCUT2D eigenvalue weighted by Crippen LogP contribution is 2.53. The third-order valence-corrected chi connectivity index (χ3v) is 9.19. The molecule has 3 aliphatic rings. The first kappa shape index (κ1) is 32.2. The Morgan fingerprint density at radius 1 is 1.10 bits per heavy atom. The van der Waals surface area contributed by atoms with Crippen LogP contribution in [0.3, 0.4) is 0 Å². The largest absolute Gasteiger partial charge is 0.508 e. The molecule has 3 aliphatic carbocycles. The maximum absolute atomic E-state index is 14.1. The number of esters is 1. The van der Waals surface area contributed by atoms with Crippen LogP contribution in [0.4, 0.5) is 5.69 Å². The van der Waals surface area contributed by atoms with Crippen LogP contribution in [-0.4, -0.2) is 92.7 Å². The van der Waals surface area contributed by atoms with E-state index in [0.29, 0.717) is 16.7 Å². The molecule has 0 radical (unpaired) electrons. The summed E-state index contributed by atoms with van der Waals surface area (Å²) in [5.74, 6) is -9.15. The van der Waals surface area contributed by atoms with E-state index in [0.717, 1.165) is 0 Å². The Balaban J connectivity index is 1.51. The van der Waals surface area contributed by atoms with E-state index in [9.17, 15) is 44.4 Å². The second kappa shape index (κ2) is 11.5. The van der Waals surface area contributed by atoms with Gasteiger partial charge < -0.3 is 40.7 Å². The number of aromatic nitrogens is 1. The molecular formula is C33H30N4O11. The molecule has 1 fully saturated rings. The van der Waals surface area contributed by atoms with Crippen LogP contribution < -0.4 is 11.1 Å². The second-order valence-electron chi connectivity index (χ2n) is 12.1. The molecule has 1 saturated carbocycles. The van der Waals surface area contributed by atoms with Crippen LogP contribution in [-0.2, 0) is 25.5 Å². The first-order chi connectivity index (χ1) is 22.7. The van der Waals surface area contributed by atoms with Gasteiger partial charge in [0.1, 0.15) is 22.8 Å². The summed E-state index contributed by atoms with van der Waals surface area (Å²) in [5, 5.41) is 51.6. The van der Waals surface area contributed by atoms with Crippen molar-refractivity contribution >= 4 is 40.8 Å². The molecule has 0 unspecified atom stereocenters. The number of fused-ring (bicyclic) bond motifs is 3. The lowest BCUT2D eigenvalue weighted by atomic mass is 9.57. The number of ether oxygens (including phenoxy) is 1. The number of aromatic hydroxyl groups is 1. The van der Waals surface area contributed by atoms with Crippen LogP contribution in [0.5, 0.6) is 5.75 Å². The quantitative estimate of drug-likeness (QED) is 0.163. The molecule has 1 aromatic heterocycles. The Morgan fingerprint density at radius 3 is 2.46 bits per heavy atom. The minimum Gasteiger partial charge on any atom is -0.508 e. The highest BCUT2D eigenvalue weighted by molar-refractivity contribution is 6.24. The third-order valence-electron chi connectivity index (χ3n) is 9.19. The van der Waals surface area contributed by atoms with Crippen LogP contribution in [0.25, 0.3) is 16.9 Å². The molecule has 1 heterocycles. The van der Waals surface area contributed by atoms with E-state index in [-0.39, 0.29) is 41.0 Å². The van der Waals surface area contributed by atoms with Gasteiger partial charge in [-0.2, -0.15) is 0 Å². The van der Waals surface area contributed by atoms with Crippen molar-refractivity contribution in [2.75, 3.05) is 26.5 Å². The van der Waals surface area contributed by atoms with Gasteiger partial charge >= 0.3 is 5.97 Å². The highest BCUT2D eigenvalue weighted by atomic mass is 16.5. The molecule has 7 N–H and O–H groups in total. The molecule has 48 heavy (non-hydrogen) atoms. The van der Waals surface area contributed by atoms with Crippen molar-refractivity contribution in [3.05, 3.63) is 82.0 Å². The van der Waals surface area contributed by atoms with Gasteiger partial charge in [-0.1, -0.05) is 11.2 Å². The van der Waals surface area contributed by atoms with Crippen LogP contribution in [0, 0.1) is 11.8 Å². The number of amides is 2. The molecule has 3 aromatic rings. The first-order valence-electron chi connectivity index (χ1n) is 14.7. The summed E-state index contributed by atoms with van der Waals surface area (Å²) < 4.78 is 9.82. The van der Waals surface area contributed by atoms with Crippen LogP contribution in [0.1, 0.15) is 38.5 Å². The number of benzene rings is 2. The summed E-state index contributed by atoms with van der Waals surface area (Å²) in [6.07, 6.45) is 1.18. The zero-order valence-electron chi connectivity index (χ0n) is 25.8. The molecule has 0 bridgehead atoms. The number of hydrogen-bond donors (Lipinski definition) is 6. The Kier molecular flexibility index (Phi) is 7.68. The molecule has 2 amide bonds. The maximum Gasteiger partial charge on any atom is 0.337 e. The lowest BCUT2D eigenvalue weighted by Crippen LogP contribution is -2.65. The van der Waals surface area contributed by atoms with Gasteiger partial charge in [0.2, 0.25) is 11.5 Å². The number of carbonyl (C=O) groups excluding carboxylic acids is 5. The Morgan fingerprint density at radius 2 is 1.83 bits per heavy atom. The topological polar surface area (TPSA) is 243 Å². The van der Waals surface area contributed by atoms with Gasteiger partial charge in [-0.05, 0) is 73.8 Å².